The van der Waals surface area contributed by atoms with Crippen LogP contribution in [0.1, 0.15) is 38.7 Å². The van der Waals surface area contributed by atoms with Crippen molar-refractivity contribution in [3.05, 3.63) is 29.8 Å². The fourth-order valence-corrected chi connectivity index (χ4v) is 5.08. The van der Waals surface area contributed by atoms with E-state index in [-0.39, 0.29) is 0 Å². The summed E-state index contributed by atoms with van der Waals surface area (Å²) in [5.41, 5.74) is 2.61. The Hall–Kier alpha value is -1.55. The van der Waals surface area contributed by atoms with Gasteiger partial charge in [0.1, 0.15) is 0 Å². The number of aryl methyl sites for hydroxylation is 1. The van der Waals surface area contributed by atoms with Gasteiger partial charge in [-0.2, -0.15) is 0 Å². The van der Waals surface area contributed by atoms with Crippen LogP contribution in [0.4, 0.5) is 5.69 Å². The standard InChI is InChI=1S/C22H33N3O/c1-16(2)18-8-10-23(11-9-18)15-22(26)25-14-20-12-21(25)13-24(20)19-6-4-17(3)5-7-19/h4-7,16,18,20-21H,8-15H2,1-3H3. The van der Waals surface area contributed by atoms with Gasteiger partial charge in [0.25, 0.3) is 0 Å². The maximum Gasteiger partial charge on any atom is 0.237 e. The Kier molecular flexibility index (Phi) is 4.96. The summed E-state index contributed by atoms with van der Waals surface area (Å²) in [6.07, 6.45) is 3.63. The second kappa shape index (κ2) is 7.22. The van der Waals surface area contributed by atoms with Gasteiger partial charge >= 0.3 is 0 Å². The first-order valence-corrected chi connectivity index (χ1v) is 10.4. The first kappa shape index (κ1) is 17.8. The molecule has 3 heterocycles. The van der Waals surface area contributed by atoms with Gasteiger partial charge in [0, 0.05) is 24.8 Å². The summed E-state index contributed by atoms with van der Waals surface area (Å²) in [6, 6.07) is 9.72. The summed E-state index contributed by atoms with van der Waals surface area (Å²) in [5.74, 6) is 1.96. The van der Waals surface area contributed by atoms with Crippen molar-refractivity contribution in [2.45, 2.75) is 52.1 Å². The first-order valence-electron chi connectivity index (χ1n) is 10.4. The monoisotopic (exact) mass is 355 g/mol. The third-order valence-electron chi connectivity index (χ3n) is 6.86. The highest BCUT2D eigenvalue weighted by atomic mass is 16.2. The number of piperazine rings is 1. The van der Waals surface area contributed by atoms with Crippen LogP contribution < -0.4 is 4.90 Å². The molecule has 3 aliphatic heterocycles. The molecule has 0 saturated carbocycles. The number of piperidine rings is 1. The second-order valence-electron chi connectivity index (χ2n) is 8.93. The van der Waals surface area contributed by atoms with Gasteiger partial charge in [-0.15, -0.1) is 0 Å². The van der Waals surface area contributed by atoms with Crippen molar-refractivity contribution in [3.63, 3.8) is 0 Å². The molecule has 3 fully saturated rings. The lowest BCUT2D eigenvalue weighted by atomic mass is 9.87. The molecular weight excluding hydrogens is 322 g/mol. The van der Waals surface area contributed by atoms with E-state index < -0.39 is 0 Å². The molecule has 0 radical (unpaired) electrons. The van der Waals surface area contributed by atoms with Gasteiger partial charge < -0.3 is 9.80 Å². The molecule has 3 saturated heterocycles. The highest BCUT2D eigenvalue weighted by molar-refractivity contribution is 5.79. The fraction of sp³-hybridized carbons (Fsp3) is 0.682. The Balaban J connectivity index is 1.30. The number of amides is 1. The molecule has 2 bridgehead atoms. The lowest BCUT2D eigenvalue weighted by Crippen LogP contribution is -2.52. The minimum absolute atomic E-state index is 0.351. The normalized spacial score (nSPS) is 26.9. The van der Waals surface area contributed by atoms with Gasteiger partial charge in [0.15, 0.2) is 0 Å². The summed E-state index contributed by atoms with van der Waals surface area (Å²) in [6.45, 7) is 11.5. The van der Waals surface area contributed by atoms with E-state index in [4.69, 9.17) is 0 Å². The predicted molar refractivity (Wildman–Crippen MR) is 106 cm³/mol. The Morgan fingerprint density at radius 2 is 1.77 bits per heavy atom. The molecular formula is C22H33N3O. The van der Waals surface area contributed by atoms with Gasteiger partial charge in [0.05, 0.1) is 12.6 Å². The lowest BCUT2D eigenvalue weighted by molar-refractivity contribution is -0.133. The topological polar surface area (TPSA) is 26.8 Å². The van der Waals surface area contributed by atoms with Crippen molar-refractivity contribution in [1.29, 1.82) is 0 Å². The van der Waals surface area contributed by atoms with Gasteiger partial charge in [-0.05, 0) is 63.2 Å². The molecule has 3 aliphatic rings. The van der Waals surface area contributed by atoms with Crippen LogP contribution >= 0.6 is 0 Å². The summed E-state index contributed by atoms with van der Waals surface area (Å²) >= 11 is 0. The van der Waals surface area contributed by atoms with Gasteiger partial charge in [-0.1, -0.05) is 31.5 Å². The van der Waals surface area contributed by atoms with E-state index in [1.807, 2.05) is 0 Å². The molecule has 4 rings (SSSR count). The predicted octanol–water partition coefficient (Wildman–Crippen LogP) is 3.15. The van der Waals surface area contributed by atoms with Gasteiger partial charge in [-0.25, -0.2) is 0 Å². The van der Waals surface area contributed by atoms with Crippen LogP contribution in [0.5, 0.6) is 0 Å². The summed E-state index contributed by atoms with van der Waals surface area (Å²) in [7, 11) is 0. The maximum absolute atomic E-state index is 12.9. The summed E-state index contributed by atoms with van der Waals surface area (Å²) in [4.78, 5) is 19.9. The molecule has 0 N–H and O–H groups in total. The average Bonchev–Trinajstić information content (AvgIpc) is 3.23. The van der Waals surface area contributed by atoms with Crippen LogP contribution in [-0.4, -0.2) is 60.5 Å². The zero-order valence-corrected chi connectivity index (χ0v) is 16.5. The van der Waals surface area contributed by atoms with Crippen LogP contribution in [0, 0.1) is 18.8 Å². The molecule has 0 aromatic heterocycles. The Morgan fingerprint density at radius 3 is 2.35 bits per heavy atom. The first-order chi connectivity index (χ1) is 12.5. The molecule has 4 nitrogen and oxygen atoms in total. The third-order valence-corrected chi connectivity index (χ3v) is 6.86. The molecule has 0 spiro atoms. The molecule has 26 heavy (non-hydrogen) atoms. The number of anilines is 1. The molecule has 4 heteroatoms. The smallest absolute Gasteiger partial charge is 0.237 e. The number of rotatable bonds is 4. The van der Waals surface area contributed by atoms with Crippen LogP contribution in [0.25, 0.3) is 0 Å². The Morgan fingerprint density at radius 1 is 1.08 bits per heavy atom. The van der Waals surface area contributed by atoms with Crippen molar-refractivity contribution >= 4 is 11.6 Å². The quantitative estimate of drug-likeness (QED) is 0.830. The van der Waals surface area contributed by atoms with Crippen molar-refractivity contribution in [2.75, 3.05) is 37.6 Å². The van der Waals surface area contributed by atoms with Crippen LogP contribution in [-0.2, 0) is 4.79 Å². The maximum atomic E-state index is 12.9. The third kappa shape index (κ3) is 3.48. The summed E-state index contributed by atoms with van der Waals surface area (Å²) < 4.78 is 0. The van der Waals surface area contributed by atoms with Gasteiger partial charge in [-0.3, -0.25) is 9.69 Å². The molecule has 0 aliphatic carbocycles. The minimum atomic E-state index is 0.351. The Labute approximate surface area is 158 Å². The van der Waals surface area contributed by atoms with Gasteiger partial charge in [0.2, 0.25) is 5.91 Å². The van der Waals surface area contributed by atoms with E-state index in [1.54, 1.807) is 0 Å². The lowest BCUT2D eigenvalue weighted by Gasteiger charge is -2.38. The molecule has 1 aromatic rings. The number of likely N-dealkylation sites (tertiary alicyclic amines) is 2. The van der Waals surface area contributed by atoms with E-state index >= 15 is 0 Å². The van der Waals surface area contributed by atoms with Crippen molar-refractivity contribution in [1.82, 2.24) is 9.80 Å². The molecule has 2 atom stereocenters. The average molecular weight is 356 g/mol. The number of hydrogen-bond donors (Lipinski definition) is 0. The number of carbonyl (C=O) groups is 1. The van der Waals surface area contributed by atoms with Crippen molar-refractivity contribution < 1.29 is 4.79 Å². The van der Waals surface area contributed by atoms with Crippen LogP contribution in [0.2, 0.25) is 0 Å². The highest BCUT2D eigenvalue weighted by Crippen LogP contribution is 2.35. The number of hydrogen-bond acceptors (Lipinski definition) is 3. The number of carbonyl (C=O) groups excluding carboxylic acids is 1. The molecule has 2 unspecified atom stereocenters. The Bertz CT molecular complexity index is 633. The number of nitrogens with zero attached hydrogens (tertiary/aromatic N) is 3. The minimum Gasteiger partial charge on any atom is -0.365 e. The van der Waals surface area contributed by atoms with Crippen molar-refractivity contribution in [3.8, 4) is 0 Å². The van der Waals surface area contributed by atoms with E-state index in [1.165, 1.54) is 24.1 Å². The largest absolute Gasteiger partial charge is 0.365 e. The van der Waals surface area contributed by atoms with E-state index in [0.717, 1.165) is 44.4 Å². The molecule has 1 aromatic carbocycles. The van der Waals surface area contributed by atoms with E-state index in [9.17, 15) is 4.79 Å². The number of fused-ring (bicyclic) bond motifs is 2. The SMILES string of the molecule is Cc1ccc(N2CC3CC2CN3C(=O)CN2CCC(C(C)C)CC2)cc1. The highest BCUT2D eigenvalue weighted by Gasteiger charge is 2.45. The van der Waals surface area contributed by atoms with Crippen molar-refractivity contribution in [2.24, 2.45) is 11.8 Å². The zero-order valence-electron chi connectivity index (χ0n) is 16.5. The molecule has 1 amide bonds. The second-order valence-corrected chi connectivity index (χ2v) is 8.93. The van der Waals surface area contributed by atoms with Crippen LogP contribution in [0.15, 0.2) is 24.3 Å². The zero-order chi connectivity index (χ0) is 18.3. The van der Waals surface area contributed by atoms with Crippen LogP contribution in [0.3, 0.4) is 0 Å². The molecule has 142 valence electrons. The van der Waals surface area contributed by atoms with E-state index in [0.29, 0.717) is 24.5 Å². The fourth-order valence-electron chi connectivity index (χ4n) is 5.08. The summed E-state index contributed by atoms with van der Waals surface area (Å²) in [5, 5.41) is 0. The van der Waals surface area contributed by atoms with E-state index in [2.05, 4.69) is 59.7 Å². The number of benzene rings is 1.